The van der Waals surface area contributed by atoms with E-state index in [0.29, 0.717) is 23.0 Å². The van der Waals surface area contributed by atoms with Crippen molar-refractivity contribution in [1.29, 1.82) is 0 Å². The van der Waals surface area contributed by atoms with Crippen LogP contribution < -0.4 is 5.32 Å². The molecule has 6 nitrogen and oxygen atoms in total. The molecule has 1 N–H and O–H groups in total. The van der Waals surface area contributed by atoms with Gasteiger partial charge in [0.2, 0.25) is 5.91 Å². The summed E-state index contributed by atoms with van der Waals surface area (Å²) in [6.45, 7) is 2.96. The molecule has 0 saturated carbocycles. The monoisotopic (exact) mass is 376 g/mol. The van der Waals surface area contributed by atoms with Gasteiger partial charge in [0, 0.05) is 4.88 Å². The number of carbonyl (C=O) groups excluding carboxylic acids is 2. The number of furan rings is 1. The SMILES string of the molecule is COC(=O)c1c(NC(=O)CN(C)Cc2ccco2)sc2c1CCC(C)C2. The lowest BCUT2D eigenvalue weighted by Crippen LogP contribution is -2.30. The molecule has 2 heterocycles. The second-order valence-corrected chi connectivity index (χ2v) is 7.95. The first-order chi connectivity index (χ1) is 12.5. The molecule has 1 atom stereocenters. The fraction of sp³-hybridized carbons (Fsp3) is 0.474. The number of likely N-dealkylation sites (N-methyl/N-ethyl adjacent to an activating group) is 1. The summed E-state index contributed by atoms with van der Waals surface area (Å²) in [5.41, 5.74) is 1.57. The van der Waals surface area contributed by atoms with E-state index < -0.39 is 0 Å². The number of rotatable bonds is 6. The van der Waals surface area contributed by atoms with Gasteiger partial charge in [-0.15, -0.1) is 11.3 Å². The van der Waals surface area contributed by atoms with Crippen molar-refractivity contribution in [1.82, 2.24) is 4.90 Å². The fourth-order valence-electron chi connectivity index (χ4n) is 3.29. The Balaban J connectivity index is 1.72. The lowest BCUT2D eigenvalue weighted by Gasteiger charge is -2.18. The highest BCUT2D eigenvalue weighted by molar-refractivity contribution is 7.17. The van der Waals surface area contributed by atoms with E-state index in [-0.39, 0.29) is 18.4 Å². The third-order valence-corrected chi connectivity index (χ3v) is 5.74. The van der Waals surface area contributed by atoms with E-state index in [1.807, 2.05) is 24.1 Å². The minimum Gasteiger partial charge on any atom is -0.468 e. The Morgan fingerprint density at radius 3 is 2.96 bits per heavy atom. The van der Waals surface area contributed by atoms with E-state index in [2.05, 4.69) is 12.2 Å². The quantitative estimate of drug-likeness (QED) is 0.783. The topological polar surface area (TPSA) is 71.8 Å². The van der Waals surface area contributed by atoms with Crippen molar-refractivity contribution in [2.75, 3.05) is 26.0 Å². The molecular formula is C19H24N2O4S. The van der Waals surface area contributed by atoms with E-state index in [0.717, 1.165) is 30.6 Å². The number of esters is 1. The average Bonchev–Trinajstić information content (AvgIpc) is 3.20. The van der Waals surface area contributed by atoms with Crippen LogP contribution in [0.3, 0.4) is 0 Å². The van der Waals surface area contributed by atoms with Crippen molar-refractivity contribution in [3.63, 3.8) is 0 Å². The Morgan fingerprint density at radius 2 is 2.27 bits per heavy atom. The predicted octanol–water partition coefficient (Wildman–Crippen LogP) is 3.32. The zero-order valence-electron chi connectivity index (χ0n) is 15.3. The van der Waals surface area contributed by atoms with Gasteiger partial charge in [-0.3, -0.25) is 9.69 Å². The fourth-order valence-corrected chi connectivity index (χ4v) is 4.71. The number of nitrogens with zero attached hydrogens (tertiary/aromatic N) is 1. The van der Waals surface area contributed by atoms with E-state index in [9.17, 15) is 9.59 Å². The van der Waals surface area contributed by atoms with Crippen LogP contribution in [0.25, 0.3) is 0 Å². The highest BCUT2D eigenvalue weighted by Crippen LogP contribution is 2.40. The number of ether oxygens (including phenoxy) is 1. The molecule has 0 saturated heterocycles. The normalized spacial score (nSPS) is 16.4. The van der Waals surface area contributed by atoms with Crippen molar-refractivity contribution >= 4 is 28.2 Å². The molecule has 1 aliphatic carbocycles. The van der Waals surface area contributed by atoms with Crippen LogP contribution >= 0.6 is 11.3 Å². The lowest BCUT2D eigenvalue weighted by molar-refractivity contribution is -0.117. The van der Waals surface area contributed by atoms with Gasteiger partial charge >= 0.3 is 5.97 Å². The van der Waals surface area contributed by atoms with Gasteiger partial charge < -0.3 is 14.5 Å². The summed E-state index contributed by atoms with van der Waals surface area (Å²) in [6, 6.07) is 3.70. The van der Waals surface area contributed by atoms with Gasteiger partial charge in [0.25, 0.3) is 0 Å². The van der Waals surface area contributed by atoms with Gasteiger partial charge in [-0.05, 0) is 49.9 Å². The maximum Gasteiger partial charge on any atom is 0.341 e. The zero-order valence-corrected chi connectivity index (χ0v) is 16.1. The number of fused-ring (bicyclic) bond motifs is 1. The molecular weight excluding hydrogens is 352 g/mol. The van der Waals surface area contributed by atoms with Crippen LogP contribution in [-0.2, 0) is 28.9 Å². The van der Waals surface area contributed by atoms with Crippen molar-refractivity contribution < 1.29 is 18.7 Å². The summed E-state index contributed by atoms with van der Waals surface area (Å²) >= 11 is 1.50. The minimum absolute atomic E-state index is 0.157. The van der Waals surface area contributed by atoms with Crippen molar-refractivity contribution in [3.8, 4) is 0 Å². The standard InChI is InChI=1S/C19H24N2O4S/c1-12-6-7-14-15(9-12)26-18(17(14)19(23)24-3)20-16(22)11-21(2)10-13-5-4-8-25-13/h4-5,8,12H,6-7,9-11H2,1-3H3,(H,20,22). The number of hydrogen-bond acceptors (Lipinski definition) is 6. The maximum atomic E-state index is 12.5. The summed E-state index contributed by atoms with van der Waals surface area (Å²) in [7, 11) is 3.23. The molecule has 1 aliphatic rings. The molecule has 3 rings (SSSR count). The number of anilines is 1. The third kappa shape index (κ3) is 4.16. The summed E-state index contributed by atoms with van der Waals surface area (Å²) in [4.78, 5) is 27.8. The van der Waals surface area contributed by atoms with Gasteiger partial charge in [-0.2, -0.15) is 0 Å². The first kappa shape index (κ1) is 18.7. The van der Waals surface area contributed by atoms with Crippen LogP contribution in [0, 0.1) is 5.92 Å². The van der Waals surface area contributed by atoms with Crippen LogP contribution in [0.15, 0.2) is 22.8 Å². The molecule has 140 valence electrons. The number of thiophene rings is 1. The minimum atomic E-state index is -0.378. The van der Waals surface area contributed by atoms with E-state index in [1.165, 1.54) is 23.3 Å². The smallest absolute Gasteiger partial charge is 0.341 e. The molecule has 2 aromatic rings. The van der Waals surface area contributed by atoms with Gasteiger partial charge in [0.05, 0.1) is 32.0 Å². The predicted molar refractivity (Wildman–Crippen MR) is 101 cm³/mol. The molecule has 1 unspecified atom stereocenters. The van der Waals surface area contributed by atoms with Crippen molar-refractivity contribution in [2.45, 2.75) is 32.7 Å². The summed E-state index contributed by atoms with van der Waals surface area (Å²) in [5, 5.41) is 3.52. The summed E-state index contributed by atoms with van der Waals surface area (Å²) in [6.07, 6.45) is 4.46. The molecule has 0 fully saturated rings. The highest BCUT2D eigenvalue weighted by Gasteiger charge is 2.29. The second-order valence-electron chi connectivity index (χ2n) is 6.85. The largest absolute Gasteiger partial charge is 0.468 e. The van der Waals surface area contributed by atoms with Gasteiger partial charge in [0.1, 0.15) is 10.8 Å². The number of hydrogen-bond donors (Lipinski definition) is 1. The van der Waals surface area contributed by atoms with Crippen molar-refractivity contribution in [3.05, 3.63) is 40.2 Å². The molecule has 2 aromatic heterocycles. The summed E-state index contributed by atoms with van der Waals surface area (Å²) < 4.78 is 10.3. The third-order valence-electron chi connectivity index (χ3n) is 4.57. The number of methoxy groups -OCH3 is 1. The van der Waals surface area contributed by atoms with Crippen molar-refractivity contribution in [2.24, 2.45) is 5.92 Å². The van der Waals surface area contributed by atoms with E-state index in [4.69, 9.17) is 9.15 Å². The Kier molecular flexibility index (Phi) is 5.78. The number of carbonyl (C=O) groups is 2. The molecule has 7 heteroatoms. The summed E-state index contributed by atoms with van der Waals surface area (Å²) in [5.74, 6) is 0.859. The van der Waals surface area contributed by atoms with Crippen LogP contribution in [-0.4, -0.2) is 37.5 Å². The zero-order chi connectivity index (χ0) is 18.7. The Bertz CT molecular complexity index is 782. The van der Waals surface area contributed by atoms with Crippen LogP contribution in [0.1, 0.15) is 39.9 Å². The van der Waals surface area contributed by atoms with Crippen LogP contribution in [0.5, 0.6) is 0 Å². The number of nitrogens with one attached hydrogen (secondary N) is 1. The molecule has 0 aliphatic heterocycles. The van der Waals surface area contributed by atoms with Crippen LogP contribution in [0.4, 0.5) is 5.00 Å². The first-order valence-corrected chi connectivity index (χ1v) is 9.53. The first-order valence-electron chi connectivity index (χ1n) is 8.71. The Morgan fingerprint density at radius 1 is 1.46 bits per heavy atom. The number of amides is 1. The van der Waals surface area contributed by atoms with E-state index in [1.54, 1.807) is 6.26 Å². The second kappa shape index (κ2) is 8.05. The molecule has 1 amide bonds. The molecule has 0 bridgehead atoms. The molecule has 0 radical (unpaired) electrons. The van der Waals surface area contributed by atoms with E-state index >= 15 is 0 Å². The molecule has 0 aromatic carbocycles. The highest BCUT2D eigenvalue weighted by atomic mass is 32.1. The Hall–Kier alpha value is -2.12. The average molecular weight is 376 g/mol. The van der Waals surface area contributed by atoms with Gasteiger partial charge in [-0.25, -0.2) is 4.79 Å². The molecule has 0 spiro atoms. The van der Waals surface area contributed by atoms with Crippen LogP contribution in [0.2, 0.25) is 0 Å². The lowest BCUT2D eigenvalue weighted by atomic mass is 9.88. The Labute approximate surface area is 157 Å². The maximum absolute atomic E-state index is 12.5. The molecule has 26 heavy (non-hydrogen) atoms. The van der Waals surface area contributed by atoms with Gasteiger partial charge in [0.15, 0.2) is 0 Å². The van der Waals surface area contributed by atoms with Gasteiger partial charge in [-0.1, -0.05) is 6.92 Å².